The maximum atomic E-state index is 5.16. The van der Waals surface area contributed by atoms with Crippen LogP contribution >= 0.6 is 0 Å². The van der Waals surface area contributed by atoms with Gasteiger partial charge in [-0.05, 0) is 43.6 Å². The molecule has 0 aromatic rings. The second-order valence-electron chi connectivity index (χ2n) is 4.22. The monoisotopic (exact) mass is 224 g/mol. The summed E-state index contributed by atoms with van der Waals surface area (Å²) in [6.07, 6.45) is 9.28. The van der Waals surface area contributed by atoms with Crippen molar-refractivity contribution in [1.29, 1.82) is 0 Å². The Balaban J connectivity index is 0.00000106. The van der Waals surface area contributed by atoms with Crippen LogP contribution in [-0.4, -0.2) is 7.11 Å². The van der Waals surface area contributed by atoms with Crippen LogP contribution in [0.2, 0.25) is 0 Å². The minimum absolute atomic E-state index is 0.690. The average molecular weight is 224 g/mol. The molecule has 1 unspecified atom stereocenters. The Morgan fingerprint density at radius 2 is 2.06 bits per heavy atom. The number of rotatable bonds is 3. The van der Waals surface area contributed by atoms with Crippen LogP contribution in [0.5, 0.6) is 0 Å². The zero-order valence-electron chi connectivity index (χ0n) is 11.5. The Kier molecular flexibility index (Phi) is 9.07. The molecule has 1 rings (SSSR count). The summed E-state index contributed by atoms with van der Waals surface area (Å²) < 4.78 is 5.16. The summed E-state index contributed by atoms with van der Waals surface area (Å²) in [7, 11) is 1.75. The predicted molar refractivity (Wildman–Crippen MR) is 72.4 cm³/mol. The van der Waals surface area contributed by atoms with Crippen LogP contribution in [0.3, 0.4) is 0 Å². The van der Waals surface area contributed by atoms with Gasteiger partial charge in [0.25, 0.3) is 0 Å². The van der Waals surface area contributed by atoms with E-state index in [-0.39, 0.29) is 0 Å². The predicted octanol–water partition coefficient (Wildman–Crippen LogP) is 5.09. The van der Waals surface area contributed by atoms with E-state index in [0.717, 1.165) is 0 Å². The SMILES string of the molecule is C=C1CCC/C(=C\OC)C(CCC)C1.CC. The fourth-order valence-electron chi connectivity index (χ4n) is 2.27. The third kappa shape index (κ3) is 5.39. The van der Waals surface area contributed by atoms with Gasteiger partial charge < -0.3 is 4.74 Å². The molecule has 1 heteroatoms. The van der Waals surface area contributed by atoms with Crippen LogP contribution in [0.1, 0.15) is 59.3 Å². The van der Waals surface area contributed by atoms with Crippen molar-refractivity contribution in [3.05, 3.63) is 24.0 Å². The molecule has 0 heterocycles. The lowest BCUT2D eigenvalue weighted by Gasteiger charge is -2.16. The van der Waals surface area contributed by atoms with Gasteiger partial charge in [-0.3, -0.25) is 0 Å². The molecule has 0 saturated heterocycles. The number of hydrogen-bond donors (Lipinski definition) is 0. The molecule has 0 bridgehead atoms. The zero-order valence-corrected chi connectivity index (χ0v) is 11.5. The van der Waals surface area contributed by atoms with Crippen molar-refractivity contribution < 1.29 is 4.74 Å². The van der Waals surface area contributed by atoms with Crippen molar-refractivity contribution >= 4 is 0 Å². The Morgan fingerprint density at radius 3 is 2.62 bits per heavy atom. The molecule has 1 atom stereocenters. The van der Waals surface area contributed by atoms with Gasteiger partial charge in [-0.1, -0.05) is 39.3 Å². The molecule has 0 spiro atoms. The molecule has 0 aromatic carbocycles. The molecule has 0 N–H and O–H groups in total. The second-order valence-corrected chi connectivity index (χ2v) is 4.22. The van der Waals surface area contributed by atoms with Gasteiger partial charge in [-0.15, -0.1) is 0 Å². The summed E-state index contributed by atoms with van der Waals surface area (Å²) in [6, 6.07) is 0. The van der Waals surface area contributed by atoms with Gasteiger partial charge in [0, 0.05) is 0 Å². The molecule has 0 radical (unpaired) electrons. The summed E-state index contributed by atoms with van der Waals surface area (Å²) in [6.45, 7) is 10.4. The molecule has 1 aliphatic carbocycles. The molecule has 94 valence electrons. The minimum atomic E-state index is 0.690. The first-order valence-electron chi connectivity index (χ1n) is 6.66. The van der Waals surface area contributed by atoms with E-state index in [1.54, 1.807) is 7.11 Å². The van der Waals surface area contributed by atoms with E-state index >= 15 is 0 Å². The molecule has 0 aliphatic heterocycles. The van der Waals surface area contributed by atoms with Gasteiger partial charge in [0.15, 0.2) is 0 Å². The lowest BCUT2D eigenvalue weighted by atomic mass is 9.90. The first kappa shape index (κ1) is 15.3. The van der Waals surface area contributed by atoms with Crippen molar-refractivity contribution in [3.8, 4) is 0 Å². The topological polar surface area (TPSA) is 9.23 Å². The van der Waals surface area contributed by atoms with Crippen LogP contribution in [-0.2, 0) is 4.74 Å². The van der Waals surface area contributed by atoms with Crippen molar-refractivity contribution in [2.24, 2.45) is 5.92 Å². The van der Waals surface area contributed by atoms with Crippen molar-refractivity contribution in [3.63, 3.8) is 0 Å². The van der Waals surface area contributed by atoms with Crippen LogP contribution in [0.15, 0.2) is 24.0 Å². The van der Waals surface area contributed by atoms with E-state index in [9.17, 15) is 0 Å². The third-order valence-electron chi connectivity index (χ3n) is 2.96. The average Bonchev–Trinajstić information content (AvgIpc) is 2.45. The summed E-state index contributed by atoms with van der Waals surface area (Å²) in [5.41, 5.74) is 2.91. The first-order chi connectivity index (χ1) is 7.77. The highest BCUT2D eigenvalue weighted by Gasteiger charge is 2.18. The molecule has 1 nitrogen and oxygen atoms in total. The van der Waals surface area contributed by atoms with E-state index in [1.165, 1.54) is 49.7 Å². The largest absolute Gasteiger partial charge is 0.504 e. The van der Waals surface area contributed by atoms with E-state index in [0.29, 0.717) is 5.92 Å². The van der Waals surface area contributed by atoms with Crippen LogP contribution in [0.25, 0.3) is 0 Å². The summed E-state index contributed by atoms with van der Waals surface area (Å²) in [5, 5.41) is 0. The first-order valence-corrected chi connectivity index (χ1v) is 6.66. The number of ether oxygens (including phenoxy) is 1. The summed E-state index contributed by atoms with van der Waals surface area (Å²) in [5.74, 6) is 0.690. The van der Waals surface area contributed by atoms with Crippen LogP contribution < -0.4 is 0 Å². The van der Waals surface area contributed by atoms with Crippen molar-refractivity contribution in [2.75, 3.05) is 7.11 Å². The highest BCUT2D eigenvalue weighted by molar-refractivity contribution is 5.12. The molecule has 1 aliphatic rings. The fourth-order valence-corrected chi connectivity index (χ4v) is 2.27. The zero-order chi connectivity index (χ0) is 12.4. The highest BCUT2D eigenvalue weighted by atomic mass is 16.5. The number of methoxy groups -OCH3 is 1. The van der Waals surface area contributed by atoms with Gasteiger partial charge in [-0.2, -0.15) is 0 Å². The lowest BCUT2D eigenvalue weighted by Crippen LogP contribution is -2.03. The molecular formula is C15H28O. The molecule has 1 fully saturated rings. The number of allylic oxidation sites excluding steroid dienone is 2. The molecule has 0 amide bonds. The van der Waals surface area contributed by atoms with Gasteiger partial charge in [-0.25, -0.2) is 0 Å². The van der Waals surface area contributed by atoms with E-state index < -0.39 is 0 Å². The Labute approximate surface area is 102 Å². The Bertz CT molecular complexity index is 215. The van der Waals surface area contributed by atoms with Crippen molar-refractivity contribution in [1.82, 2.24) is 0 Å². The van der Waals surface area contributed by atoms with Crippen molar-refractivity contribution in [2.45, 2.75) is 59.3 Å². The van der Waals surface area contributed by atoms with E-state index in [1.807, 2.05) is 20.1 Å². The van der Waals surface area contributed by atoms with E-state index in [2.05, 4.69) is 13.5 Å². The Morgan fingerprint density at radius 1 is 1.38 bits per heavy atom. The maximum Gasteiger partial charge on any atom is 0.0819 e. The lowest BCUT2D eigenvalue weighted by molar-refractivity contribution is 0.325. The van der Waals surface area contributed by atoms with Gasteiger partial charge >= 0.3 is 0 Å². The van der Waals surface area contributed by atoms with Crippen LogP contribution in [0.4, 0.5) is 0 Å². The maximum absolute atomic E-state index is 5.16. The second kappa shape index (κ2) is 9.50. The number of hydrogen-bond acceptors (Lipinski definition) is 1. The summed E-state index contributed by atoms with van der Waals surface area (Å²) in [4.78, 5) is 0. The summed E-state index contributed by atoms with van der Waals surface area (Å²) >= 11 is 0. The molecule has 0 aromatic heterocycles. The smallest absolute Gasteiger partial charge is 0.0819 e. The van der Waals surface area contributed by atoms with Gasteiger partial charge in [0.2, 0.25) is 0 Å². The standard InChI is InChI=1S/C13H22O.C2H6/c1-4-6-12-9-11(2)7-5-8-13(12)10-14-3;1-2/h10,12H,2,4-9H2,1,3H3;1-2H3/b13-10+;. The fraction of sp³-hybridized carbons (Fsp3) is 0.733. The van der Waals surface area contributed by atoms with E-state index in [4.69, 9.17) is 4.74 Å². The molecular weight excluding hydrogens is 196 g/mol. The Hall–Kier alpha value is -0.720. The van der Waals surface area contributed by atoms with Gasteiger partial charge in [0.05, 0.1) is 13.4 Å². The van der Waals surface area contributed by atoms with Gasteiger partial charge in [0.1, 0.15) is 0 Å². The molecule has 16 heavy (non-hydrogen) atoms. The quantitative estimate of drug-likeness (QED) is 0.368. The molecule has 1 saturated carbocycles. The minimum Gasteiger partial charge on any atom is -0.504 e. The normalized spacial score (nSPS) is 23.4. The third-order valence-corrected chi connectivity index (χ3v) is 2.96. The van der Waals surface area contributed by atoms with Crippen LogP contribution in [0, 0.1) is 5.92 Å². The highest BCUT2D eigenvalue weighted by Crippen LogP contribution is 2.33.